The largest absolute Gasteiger partial charge is 0.478 e. The maximum absolute atomic E-state index is 14.2. The average molecular weight is 415 g/mol. The molecule has 0 unspecified atom stereocenters. The van der Waals surface area contributed by atoms with Crippen molar-refractivity contribution in [2.75, 3.05) is 11.9 Å². The van der Waals surface area contributed by atoms with E-state index in [9.17, 15) is 18.0 Å². The first kappa shape index (κ1) is 19.7. The van der Waals surface area contributed by atoms with Crippen LogP contribution in [0.4, 0.5) is 19.1 Å². The Morgan fingerprint density at radius 3 is 2.60 bits per heavy atom. The van der Waals surface area contributed by atoms with Gasteiger partial charge in [0.05, 0.1) is 17.5 Å². The number of halogens is 3. The molecule has 154 valence electrons. The summed E-state index contributed by atoms with van der Waals surface area (Å²) in [5.74, 6) is -2.28. The number of aromatic nitrogens is 4. The number of pyridine rings is 1. The van der Waals surface area contributed by atoms with Crippen LogP contribution in [-0.4, -0.2) is 44.0 Å². The number of rotatable bonds is 6. The highest BCUT2D eigenvalue weighted by Crippen LogP contribution is 2.45. The summed E-state index contributed by atoms with van der Waals surface area (Å²) in [5, 5.41) is 19.7. The molecule has 0 bridgehead atoms. The molecule has 0 atom stereocenters. The number of carbonyl (C=O) groups is 1. The minimum absolute atomic E-state index is 0.0484. The van der Waals surface area contributed by atoms with E-state index in [4.69, 9.17) is 5.11 Å². The van der Waals surface area contributed by atoms with Gasteiger partial charge in [0.25, 0.3) is 0 Å². The Labute approximate surface area is 169 Å². The van der Waals surface area contributed by atoms with Gasteiger partial charge in [0.15, 0.2) is 0 Å². The Kier molecular flexibility index (Phi) is 5.06. The lowest BCUT2D eigenvalue weighted by Gasteiger charge is -2.43. The number of carboxylic acid groups (broad SMARTS) is 1. The van der Waals surface area contributed by atoms with Gasteiger partial charge in [0.1, 0.15) is 23.5 Å². The maximum atomic E-state index is 14.2. The second-order valence-electron chi connectivity index (χ2n) is 7.14. The van der Waals surface area contributed by atoms with E-state index in [1.165, 1.54) is 24.5 Å². The number of hydrogen-bond donors (Lipinski definition) is 2. The van der Waals surface area contributed by atoms with Crippen LogP contribution in [0, 0.1) is 11.6 Å². The zero-order valence-electron chi connectivity index (χ0n) is 15.5. The fourth-order valence-corrected chi connectivity index (χ4v) is 3.57. The van der Waals surface area contributed by atoms with Crippen molar-refractivity contribution < 1.29 is 23.1 Å². The molecule has 1 fully saturated rings. The Hall–Kier alpha value is -3.56. The Bertz CT molecular complexity index is 1090. The van der Waals surface area contributed by atoms with Gasteiger partial charge in [-0.2, -0.15) is 0 Å². The van der Waals surface area contributed by atoms with Crippen LogP contribution >= 0.6 is 0 Å². The first-order chi connectivity index (χ1) is 14.4. The average Bonchev–Trinajstić information content (AvgIpc) is 2.71. The molecule has 7 nitrogen and oxygen atoms in total. The molecular formula is C20H16F3N5O2. The van der Waals surface area contributed by atoms with Crippen molar-refractivity contribution in [3.63, 3.8) is 0 Å². The molecular weight excluding hydrogens is 399 g/mol. The van der Waals surface area contributed by atoms with Crippen molar-refractivity contribution in [3.05, 3.63) is 65.6 Å². The van der Waals surface area contributed by atoms with E-state index < -0.39 is 29.2 Å². The van der Waals surface area contributed by atoms with Crippen molar-refractivity contribution in [2.45, 2.75) is 24.4 Å². The molecule has 1 aliphatic rings. The first-order valence-corrected chi connectivity index (χ1v) is 9.10. The molecule has 0 radical (unpaired) electrons. The van der Waals surface area contributed by atoms with E-state index >= 15 is 0 Å². The van der Waals surface area contributed by atoms with Gasteiger partial charge in [-0.05, 0) is 43.2 Å². The van der Waals surface area contributed by atoms with Gasteiger partial charge in [0.2, 0.25) is 5.95 Å². The first-order valence-electron chi connectivity index (χ1n) is 9.10. The third-order valence-electron chi connectivity index (χ3n) is 5.12. The summed E-state index contributed by atoms with van der Waals surface area (Å²) in [6, 6.07) is 6.07. The molecule has 30 heavy (non-hydrogen) atoms. The molecule has 2 aromatic heterocycles. The number of nitrogens with one attached hydrogen (secondary N) is 1. The van der Waals surface area contributed by atoms with Crippen molar-refractivity contribution in [3.8, 4) is 11.3 Å². The van der Waals surface area contributed by atoms with E-state index in [0.29, 0.717) is 0 Å². The number of anilines is 1. The molecule has 1 aromatic carbocycles. The third-order valence-corrected chi connectivity index (χ3v) is 5.12. The predicted molar refractivity (Wildman–Crippen MR) is 101 cm³/mol. The highest BCUT2D eigenvalue weighted by atomic mass is 19.1. The van der Waals surface area contributed by atoms with Crippen molar-refractivity contribution in [1.82, 2.24) is 20.2 Å². The second-order valence-corrected chi connectivity index (χ2v) is 7.14. The third kappa shape index (κ3) is 3.68. The van der Waals surface area contributed by atoms with Crippen LogP contribution in [-0.2, 0) is 5.41 Å². The molecule has 2 heterocycles. The highest BCUT2D eigenvalue weighted by Gasteiger charge is 2.48. The van der Waals surface area contributed by atoms with Gasteiger partial charge >= 0.3 is 5.97 Å². The summed E-state index contributed by atoms with van der Waals surface area (Å²) in [6.45, 7) is 0.144. The van der Waals surface area contributed by atoms with E-state index in [-0.39, 0.29) is 47.8 Å². The summed E-state index contributed by atoms with van der Waals surface area (Å²) in [4.78, 5) is 19.2. The number of nitrogens with zero attached hydrogens (tertiary/aromatic N) is 4. The molecule has 3 aromatic rings. The molecule has 0 amide bonds. The van der Waals surface area contributed by atoms with Crippen LogP contribution < -0.4 is 5.32 Å². The van der Waals surface area contributed by atoms with Crippen LogP contribution in [0.2, 0.25) is 0 Å². The lowest BCUT2D eigenvalue weighted by atomic mass is 9.65. The topological polar surface area (TPSA) is 101 Å². The summed E-state index contributed by atoms with van der Waals surface area (Å²) in [7, 11) is 0. The van der Waals surface area contributed by atoms with Gasteiger partial charge < -0.3 is 10.4 Å². The van der Waals surface area contributed by atoms with E-state index in [1.54, 1.807) is 0 Å². The quantitative estimate of drug-likeness (QED) is 0.636. The fourth-order valence-electron chi connectivity index (χ4n) is 3.57. The Morgan fingerprint density at radius 1 is 1.17 bits per heavy atom. The molecule has 2 N–H and O–H groups in total. The van der Waals surface area contributed by atoms with Gasteiger partial charge in [-0.3, -0.25) is 4.98 Å². The van der Waals surface area contributed by atoms with Crippen LogP contribution in [0.15, 0.2) is 42.7 Å². The number of benzene rings is 1. The zero-order chi connectivity index (χ0) is 21.3. The monoisotopic (exact) mass is 415 g/mol. The van der Waals surface area contributed by atoms with Gasteiger partial charge in [0, 0.05) is 23.7 Å². The van der Waals surface area contributed by atoms with E-state index in [1.807, 2.05) is 0 Å². The number of aromatic carboxylic acids is 1. The molecule has 1 aliphatic carbocycles. The summed E-state index contributed by atoms with van der Waals surface area (Å²) in [5.41, 5.74) is -0.731. The van der Waals surface area contributed by atoms with Gasteiger partial charge in [-0.1, -0.05) is 0 Å². The summed E-state index contributed by atoms with van der Waals surface area (Å²) >= 11 is 0. The normalized spacial score (nSPS) is 20.4. The van der Waals surface area contributed by atoms with Gasteiger partial charge in [-0.25, -0.2) is 22.9 Å². The van der Waals surface area contributed by atoms with Crippen molar-refractivity contribution in [1.29, 1.82) is 0 Å². The number of carboxylic acids is 1. The van der Waals surface area contributed by atoms with Crippen molar-refractivity contribution in [2.24, 2.45) is 0 Å². The SMILES string of the molecule is O=C(O)c1ccc(F)c(-c2cnc(NCC3(c4ncccc4F)CC(F)C3)nn2)c1. The number of alkyl halides is 1. The Morgan fingerprint density at radius 2 is 1.97 bits per heavy atom. The standard InChI is InChI=1S/C20H16F3N5O2/c21-12-7-20(8-12,17-15(23)2-1-5-24-17)10-26-19-25-9-16(27-28-19)13-6-11(18(29)30)3-4-14(13)22/h1-6,9,12H,7-8,10H2,(H,29,30)(H,25,26,28). The molecule has 1 saturated carbocycles. The molecule has 4 rings (SSSR count). The fraction of sp³-hybridized carbons (Fsp3) is 0.250. The van der Waals surface area contributed by atoms with Gasteiger partial charge in [-0.15, -0.1) is 10.2 Å². The van der Waals surface area contributed by atoms with E-state index in [2.05, 4.69) is 25.5 Å². The number of hydrogen-bond acceptors (Lipinski definition) is 6. The van der Waals surface area contributed by atoms with Crippen molar-refractivity contribution >= 4 is 11.9 Å². The van der Waals surface area contributed by atoms with Crippen LogP contribution in [0.5, 0.6) is 0 Å². The van der Waals surface area contributed by atoms with Crippen LogP contribution in [0.1, 0.15) is 28.9 Å². The predicted octanol–water partition coefficient (Wildman–Crippen LogP) is 3.39. The lowest BCUT2D eigenvalue weighted by molar-refractivity contribution is 0.0696. The van der Waals surface area contributed by atoms with Crippen LogP contribution in [0.3, 0.4) is 0 Å². The molecule has 10 heteroatoms. The molecule has 0 aliphatic heterocycles. The van der Waals surface area contributed by atoms with E-state index in [0.717, 1.165) is 18.2 Å². The smallest absolute Gasteiger partial charge is 0.335 e. The maximum Gasteiger partial charge on any atom is 0.335 e. The minimum Gasteiger partial charge on any atom is -0.478 e. The van der Waals surface area contributed by atoms with Crippen LogP contribution in [0.25, 0.3) is 11.3 Å². The lowest BCUT2D eigenvalue weighted by Crippen LogP contribution is -2.49. The summed E-state index contributed by atoms with van der Waals surface area (Å²) < 4.78 is 41.9. The minimum atomic E-state index is -1.20. The molecule has 0 saturated heterocycles. The zero-order valence-corrected chi connectivity index (χ0v) is 15.5. The second kappa shape index (κ2) is 7.69. The molecule has 0 spiro atoms. The summed E-state index contributed by atoms with van der Waals surface area (Å²) in [6.07, 6.45) is 1.89. The highest BCUT2D eigenvalue weighted by molar-refractivity contribution is 5.89. The Balaban J connectivity index is 1.52.